The lowest BCUT2D eigenvalue weighted by Gasteiger charge is -2.14. The number of amides is 3. The number of hydrazine groups is 1. The van der Waals surface area contributed by atoms with Crippen molar-refractivity contribution in [1.29, 1.82) is 0 Å². The minimum absolute atomic E-state index is 0.274. The van der Waals surface area contributed by atoms with Crippen LogP contribution in [0.25, 0.3) is 0 Å². The molecule has 0 unspecified atom stereocenters. The maximum Gasteiger partial charge on any atom is 0.336 e. The lowest BCUT2D eigenvalue weighted by Crippen LogP contribution is -2.44. The molecule has 0 aromatic carbocycles. The van der Waals surface area contributed by atoms with Crippen molar-refractivity contribution in [1.82, 2.24) is 15.8 Å². The molecule has 2 N–H and O–H groups in total. The summed E-state index contributed by atoms with van der Waals surface area (Å²) in [6, 6.07) is -0.274. The van der Waals surface area contributed by atoms with Gasteiger partial charge in [0, 0.05) is 12.1 Å². The summed E-state index contributed by atoms with van der Waals surface area (Å²) in [7, 11) is 0. The molecule has 66 valence electrons. The van der Waals surface area contributed by atoms with Gasteiger partial charge in [0.2, 0.25) is 0 Å². The van der Waals surface area contributed by atoms with E-state index in [0.717, 1.165) is 0 Å². The van der Waals surface area contributed by atoms with Crippen LogP contribution in [0, 0.1) is 0 Å². The summed E-state index contributed by atoms with van der Waals surface area (Å²) in [4.78, 5) is 21.9. The van der Waals surface area contributed by atoms with E-state index in [2.05, 4.69) is 17.3 Å². The van der Waals surface area contributed by atoms with Gasteiger partial charge in [0.15, 0.2) is 0 Å². The lowest BCUT2D eigenvalue weighted by atomic mass is 10.3. The van der Waals surface area contributed by atoms with Gasteiger partial charge >= 0.3 is 6.03 Å². The van der Waals surface area contributed by atoms with Gasteiger partial charge in [-0.25, -0.2) is 9.80 Å². The second-order valence-electron chi connectivity index (χ2n) is 2.60. The van der Waals surface area contributed by atoms with Gasteiger partial charge in [-0.2, -0.15) is 0 Å². The van der Waals surface area contributed by atoms with Gasteiger partial charge in [-0.05, 0) is 6.92 Å². The molecule has 3 amide bonds. The number of nitrogens with one attached hydrogen (secondary N) is 2. The smallest absolute Gasteiger partial charge is 0.335 e. The van der Waals surface area contributed by atoms with Crippen molar-refractivity contribution in [3.8, 4) is 0 Å². The standard InChI is InChI=1S/C7H11N3O2/c1-5(2)6(11)9-10-4-3-8-7(10)12/h1,3-4H2,2H3,(H,8,12)(H,9,11). The highest BCUT2D eigenvalue weighted by molar-refractivity contribution is 5.93. The summed E-state index contributed by atoms with van der Waals surface area (Å²) in [6.07, 6.45) is 0. The highest BCUT2D eigenvalue weighted by atomic mass is 16.2. The molecule has 5 nitrogen and oxygen atoms in total. The number of carbonyl (C=O) groups excluding carboxylic acids is 2. The van der Waals surface area contributed by atoms with Crippen LogP contribution in [-0.4, -0.2) is 30.0 Å². The molecule has 1 heterocycles. The molecule has 1 rings (SSSR count). The first-order valence-electron chi connectivity index (χ1n) is 3.63. The molecule has 0 atom stereocenters. The van der Waals surface area contributed by atoms with E-state index >= 15 is 0 Å². The predicted molar refractivity (Wildman–Crippen MR) is 43.1 cm³/mol. The molecule has 1 aliphatic heterocycles. The van der Waals surface area contributed by atoms with E-state index in [-0.39, 0.29) is 11.9 Å². The summed E-state index contributed by atoms with van der Waals surface area (Å²) in [5.41, 5.74) is 2.79. The summed E-state index contributed by atoms with van der Waals surface area (Å²) < 4.78 is 0. The fraction of sp³-hybridized carbons (Fsp3) is 0.429. The third kappa shape index (κ3) is 1.75. The largest absolute Gasteiger partial charge is 0.336 e. The van der Waals surface area contributed by atoms with Gasteiger partial charge in [0.25, 0.3) is 5.91 Å². The molecule has 12 heavy (non-hydrogen) atoms. The molecule has 0 aliphatic carbocycles. The van der Waals surface area contributed by atoms with Gasteiger partial charge in [0.1, 0.15) is 0 Å². The van der Waals surface area contributed by atoms with Gasteiger partial charge < -0.3 is 5.32 Å². The quantitative estimate of drug-likeness (QED) is 0.553. The van der Waals surface area contributed by atoms with Crippen LogP contribution in [0.4, 0.5) is 4.79 Å². The maximum atomic E-state index is 11.0. The predicted octanol–water partition coefficient (Wildman–Crippen LogP) is -0.381. The minimum atomic E-state index is -0.327. The molecule has 0 saturated carbocycles. The van der Waals surface area contributed by atoms with Crippen LogP contribution >= 0.6 is 0 Å². The first-order chi connectivity index (χ1) is 5.61. The first-order valence-corrected chi connectivity index (χ1v) is 3.63. The average Bonchev–Trinajstić information content (AvgIpc) is 2.36. The van der Waals surface area contributed by atoms with Gasteiger partial charge in [-0.1, -0.05) is 6.58 Å². The van der Waals surface area contributed by atoms with Crippen LogP contribution in [0.1, 0.15) is 6.92 Å². The molecule has 0 radical (unpaired) electrons. The van der Waals surface area contributed by atoms with E-state index in [9.17, 15) is 9.59 Å². The fourth-order valence-electron chi connectivity index (χ4n) is 0.796. The molecule has 1 saturated heterocycles. The SMILES string of the molecule is C=C(C)C(=O)NN1CCNC1=O. The zero-order valence-electron chi connectivity index (χ0n) is 6.89. The highest BCUT2D eigenvalue weighted by Crippen LogP contribution is 1.94. The number of hydrogen-bond acceptors (Lipinski definition) is 2. The van der Waals surface area contributed by atoms with E-state index in [4.69, 9.17) is 0 Å². The van der Waals surface area contributed by atoms with E-state index in [0.29, 0.717) is 18.7 Å². The Morgan fingerprint density at radius 1 is 1.75 bits per heavy atom. The lowest BCUT2D eigenvalue weighted by molar-refractivity contribution is -0.120. The number of hydrogen-bond donors (Lipinski definition) is 2. The van der Waals surface area contributed by atoms with Crippen molar-refractivity contribution >= 4 is 11.9 Å². The van der Waals surface area contributed by atoms with Crippen LogP contribution in [0.2, 0.25) is 0 Å². The van der Waals surface area contributed by atoms with Crippen molar-refractivity contribution in [3.05, 3.63) is 12.2 Å². The Kier molecular flexibility index (Phi) is 2.32. The third-order valence-corrected chi connectivity index (χ3v) is 1.48. The Hall–Kier alpha value is -1.52. The molecule has 1 aliphatic rings. The molecule has 1 fully saturated rings. The molecule has 0 aromatic rings. The Balaban J connectivity index is 2.46. The minimum Gasteiger partial charge on any atom is -0.335 e. The molecule has 5 heteroatoms. The summed E-state index contributed by atoms with van der Waals surface area (Å²) >= 11 is 0. The normalized spacial score (nSPS) is 15.8. The zero-order chi connectivity index (χ0) is 9.14. The van der Waals surface area contributed by atoms with Crippen molar-refractivity contribution in [2.24, 2.45) is 0 Å². The number of carbonyl (C=O) groups is 2. The second kappa shape index (κ2) is 3.25. The molecule has 0 spiro atoms. The topological polar surface area (TPSA) is 61.4 Å². The molecule has 0 aromatic heterocycles. The summed E-state index contributed by atoms with van der Waals surface area (Å²) in [5, 5.41) is 3.79. The van der Waals surface area contributed by atoms with Crippen LogP contribution in [0.5, 0.6) is 0 Å². The van der Waals surface area contributed by atoms with Crippen molar-refractivity contribution < 1.29 is 9.59 Å². The van der Waals surface area contributed by atoms with E-state index in [1.807, 2.05) is 0 Å². The number of urea groups is 1. The van der Waals surface area contributed by atoms with Gasteiger partial charge in [-0.3, -0.25) is 10.2 Å². The average molecular weight is 169 g/mol. The fourth-order valence-corrected chi connectivity index (χ4v) is 0.796. The van der Waals surface area contributed by atoms with Crippen LogP contribution in [-0.2, 0) is 4.79 Å². The van der Waals surface area contributed by atoms with Crippen molar-refractivity contribution in [2.45, 2.75) is 6.92 Å². The monoisotopic (exact) mass is 169 g/mol. The van der Waals surface area contributed by atoms with E-state index < -0.39 is 0 Å². The third-order valence-electron chi connectivity index (χ3n) is 1.48. The van der Waals surface area contributed by atoms with Crippen molar-refractivity contribution in [3.63, 3.8) is 0 Å². The number of rotatable bonds is 2. The number of nitrogens with zero attached hydrogens (tertiary/aromatic N) is 1. The van der Waals surface area contributed by atoms with Crippen LogP contribution < -0.4 is 10.7 Å². The van der Waals surface area contributed by atoms with Gasteiger partial charge in [-0.15, -0.1) is 0 Å². The van der Waals surface area contributed by atoms with E-state index in [1.54, 1.807) is 6.92 Å². The Morgan fingerprint density at radius 2 is 2.42 bits per heavy atom. The summed E-state index contributed by atoms with van der Waals surface area (Å²) in [6.45, 7) is 6.10. The Labute approximate surface area is 70.4 Å². The van der Waals surface area contributed by atoms with Crippen molar-refractivity contribution in [2.75, 3.05) is 13.1 Å². The van der Waals surface area contributed by atoms with Crippen LogP contribution in [0.15, 0.2) is 12.2 Å². The van der Waals surface area contributed by atoms with Crippen LogP contribution in [0.3, 0.4) is 0 Å². The molecule has 0 bridgehead atoms. The molecular weight excluding hydrogens is 158 g/mol. The first kappa shape index (κ1) is 8.58. The molecular formula is C7H11N3O2. The van der Waals surface area contributed by atoms with Gasteiger partial charge in [0.05, 0.1) is 6.54 Å². The zero-order valence-corrected chi connectivity index (χ0v) is 6.89. The maximum absolute atomic E-state index is 11.0. The Bertz CT molecular complexity index is 237. The van der Waals surface area contributed by atoms with E-state index in [1.165, 1.54) is 5.01 Å². The Morgan fingerprint density at radius 3 is 2.83 bits per heavy atom. The summed E-state index contributed by atoms with van der Waals surface area (Å²) in [5.74, 6) is -0.327. The highest BCUT2D eigenvalue weighted by Gasteiger charge is 2.20. The second-order valence-corrected chi connectivity index (χ2v) is 2.60.